The first-order valence-corrected chi connectivity index (χ1v) is 5.23. The first-order valence-electron chi connectivity index (χ1n) is 2.08. The van der Waals surface area contributed by atoms with Crippen molar-refractivity contribution in [2.75, 3.05) is 11.5 Å². The van der Waals surface area contributed by atoms with Gasteiger partial charge in [-0.2, -0.15) is 0 Å². The van der Waals surface area contributed by atoms with Gasteiger partial charge in [0, 0.05) is 0 Å². The third-order valence-electron chi connectivity index (χ3n) is 0.583. The van der Waals surface area contributed by atoms with Gasteiger partial charge in [0.05, 0.1) is 31.7 Å². The zero-order valence-electron chi connectivity index (χ0n) is 7.18. The zero-order chi connectivity index (χ0) is 8.41. The normalized spacial score (nSPS) is 10.3. The predicted octanol–water partition coefficient (Wildman–Crippen LogP) is -2.00. The fourth-order valence-electron chi connectivity index (χ4n) is 0.204. The average molecular weight is 242 g/mol. The summed E-state index contributed by atoms with van der Waals surface area (Å²) in [6.45, 7) is 0. The van der Waals surface area contributed by atoms with Gasteiger partial charge in [0.1, 0.15) is 0 Å². The van der Waals surface area contributed by atoms with Crippen LogP contribution in [0.25, 0.3) is 0 Å². The Hall–Kier alpha value is -0.300. The molecular weight excluding hydrogens is 228 g/mol. The highest BCUT2D eigenvalue weighted by atomic mass is 32.2. The van der Waals surface area contributed by atoms with Gasteiger partial charge in [0.15, 0.2) is 0 Å². The lowest BCUT2D eigenvalue weighted by Crippen LogP contribution is -2.15. The van der Waals surface area contributed by atoms with Crippen LogP contribution in [0, 0.1) is 0 Å². The van der Waals surface area contributed by atoms with E-state index in [4.69, 9.17) is 0 Å². The average Bonchev–Trinajstić information content (AvgIpc) is 1.57. The second-order valence-electron chi connectivity index (χ2n) is 1.52. The van der Waals surface area contributed by atoms with E-state index in [0.717, 1.165) is 0 Å². The van der Waals surface area contributed by atoms with Crippen LogP contribution in [0.3, 0.4) is 0 Å². The van der Waals surface area contributed by atoms with E-state index in [2.05, 4.69) is 0 Å². The van der Waals surface area contributed by atoms with E-state index in [9.17, 15) is 25.9 Å². The Morgan fingerprint density at radius 3 is 1.00 bits per heavy atom. The first-order chi connectivity index (χ1) is 4.21. The monoisotopic (exact) mass is 242 g/mol. The van der Waals surface area contributed by atoms with Crippen molar-refractivity contribution in [2.45, 2.75) is 0 Å². The molecule has 0 aliphatic rings. The molecule has 10 N–H and O–H groups in total. The van der Waals surface area contributed by atoms with Gasteiger partial charge in [-0.05, 0) is 0 Å². The van der Waals surface area contributed by atoms with Gasteiger partial charge < -0.3 is 26.9 Å². The van der Waals surface area contributed by atoms with Gasteiger partial charge >= 0.3 is 0 Å². The zero-order valence-corrected chi connectivity index (χ0v) is 8.81. The highest BCUT2D eigenvalue weighted by Gasteiger charge is 1.99. The molecule has 0 aliphatic heterocycles. The van der Waals surface area contributed by atoms with E-state index in [1.54, 1.807) is 0 Å². The molecular formula is C2H14N2O7S2. The third-order valence-corrected chi connectivity index (χ3v) is 2.25. The first kappa shape index (κ1) is 23.0. The Balaban J connectivity index is -0.000000135. The molecule has 0 rings (SSSR count). The van der Waals surface area contributed by atoms with Crippen molar-refractivity contribution in [3.8, 4) is 0 Å². The molecule has 0 aromatic carbocycles. The quantitative estimate of drug-likeness (QED) is 0.532. The maximum Gasteiger partial charge on any atom is 0.0955 e. The van der Waals surface area contributed by atoms with Crippen LogP contribution in [-0.4, -0.2) is 42.9 Å². The van der Waals surface area contributed by atoms with E-state index in [1.165, 1.54) is 0 Å². The summed E-state index contributed by atoms with van der Waals surface area (Å²) >= 11 is 0. The van der Waals surface area contributed by atoms with Gasteiger partial charge in [-0.25, -0.2) is 16.8 Å². The van der Waals surface area contributed by atoms with E-state index in [0.29, 0.717) is 0 Å². The maximum atomic E-state index is 9.72. The standard InChI is InChI=1S/C2H6O6S2.2H3N.H2O/c3-9(4,5)1-2-10(6,7)8;;;/h1-2H2,(H,3,4,5)(H,6,7,8);2*1H3;1H2. The second kappa shape index (κ2) is 7.14. The maximum absolute atomic E-state index is 9.72. The van der Waals surface area contributed by atoms with Gasteiger partial charge in [0.25, 0.3) is 0 Å². The SMILES string of the molecule is O.O=S(=O)([O-])CCS(=O)(=O)[O-].[NH4+].[NH4+]. The van der Waals surface area contributed by atoms with Gasteiger partial charge in [-0.1, -0.05) is 0 Å². The molecule has 9 nitrogen and oxygen atoms in total. The molecule has 0 saturated carbocycles. The summed E-state index contributed by atoms with van der Waals surface area (Å²) in [5.74, 6) is -2.31. The minimum atomic E-state index is -4.59. The van der Waals surface area contributed by atoms with Crippen LogP contribution in [0.2, 0.25) is 0 Å². The largest absolute Gasteiger partial charge is 0.748 e. The number of hydrogen-bond donors (Lipinski definition) is 2. The molecule has 0 atom stereocenters. The Kier molecular flexibility index (Phi) is 12.6. The molecule has 0 bridgehead atoms. The molecule has 0 unspecified atom stereocenters. The Morgan fingerprint density at radius 1 is 0.769 bits per heavy atom. The molecule has 0 aromatic heterocycles. The number of hydrogen-bond acceptors (Lipinski definition) is 6. The van der Waals surface area contributed by atoms with E-state index in [1.807, 2.05) is 0 Å². The lowest BCUT2D eigenvalue weighted by molar-refractivity contribution is 0.452. The molecule has 0 radical (unpaired) electrons. The van der Waals surface area contributed by atoms with Crippen LogP contribution < -0.4 is 12.3 Å². The van der Waals surface area contributed by atoms with Gasteiger partial charge in [-0.3, -0.25) is 0 Å². The Labute approximate surface area is 76.1 Å². The molecule has 0 saturated heterocycles. The molecule has 13 heavy (non-hydrogen) atoms. The van der Waals surface area contributed by atoms with Crippen LogP contribution in [0.1, 0.15) is 0 Å². The van der Waals surface area contributed by atoms with Crippen LogP contribution in [0.15, 0.2) is 0 Å². The molecule has 0 heterocycles. The smallest absolute Gasteiger partial charge is 0.0955 e. The summed E-state index contributed by atoms with van der Waals surface area (Å²) in [6, 6.07) is 0. The Morgan fingerprint density at radius 2 is 0.923 bits per heavy atom. The van der Waals surface area contributed by atoms with Crippen LogP contribution >= 0.6 is 0 Å². The lowest BCUT2D eigenvalue weighted by atomic mass is 11.0. The second-order valence-corrected chi connectivity index (χ2v) is 4.57. The van der Waals surface area contributed by atoms with Crippen molar-refractivity contribution in [1.82, 2.24) is 12.3 Å². The van der Waals surface area contributed by atoms with Crippen LogP contribution in [0.4, 0.5) is 0 Å². The molecule has 0 aromatic rings. The molecule has 0 amide bonds. The summed E-state index contributed by atoms with van der Waals surface area (Å²) in [5, 5.41) is 0. The summed E-state index contributed by atoms with van der Waals surface area (Å²) in [6.07, 6.45) is 0. The molecule has 86 valence electrons. The minimum Gasteiger partial charge on any atom is -0.748 e. The van der Waals surface area contributed by atoms with Gasteiger partial charge in [0.2, 0.25) is 0 Å². The molecule has 11 heteroatoms. The molecule has 0 aliphatic carbocycles. The summed E-state index contributed by atoms with van der Waals surface area (Å²) < 4.78 is 58.3. The molecule has 0 fully saturated rings. The topological polar surface area (TPSA) is 219 Å². The predicted molar refractivity (Wildman–Crippen MR) is 44.7 cm³/mol. The highest BCUT2D eigenvalue weighted by Crippen LogP contribution is 1.86. The highest BCUT2D eigenvalue weighted by molar-refractivity contribution is 7.89. The van der Waals surface area contributed by atoms with Crippen molar-refractivity contribution < 1.29 is 31.4 Å². The van der Waals surface area contributed by atoms with E-state index < -0.39 is 31.7 Å². The lowest BCUT2D eigenvalue weighted by Gasteiger charge is -2.08. The third kappa shape index (κ3) is 24.5. The fraction of sp³-hybridized carbons (Fsp3) is 1.00. The van der Waals surface area contributed by atoms with Crippen molar-refractivity contribution in [2.24, 2.45) is 0 Å². The summed E-state index contributed by atoms with van der Waals surface area (Å²) in [5.41, 5.74) is 0. The number of rotatable bonds is 3. The van der Waals surface area contributed by atoms with E-state index >= 15 is 0 Å². The van der Waals surface area contributed by atoms with Crippen LogP contribution in [0.5, 0.6) is 0 Å². The van der Waals surface area contributed by atoms with Crippen molar-refractivity contribution in [1.29, 1.82) is 0 Å². The van der Waals surface area contributed by atoms with Crippen molar-refractivity contribution in [3.05, 3.63) is 0 Å². The number of quaternary nitrogens is 2. The Bertz CT molecular complexity index is 258. The van der Waals surface area contributed by atoms with Crippen LogP contribution in [-0.2, 0) is 20.2 Å². The minimum absolute atomic E-state index is 0. The van der Waals surface area contributed by atoms with E-state index in [-0.39, 0.29) is 17.8 Å². The van der Waals surface area contributed by atoms with Crippen molar-refractivity contribution >= 4 is 20.2 Å². The molecule has 0 spiro atoms. The van der Waals surface area contributed by atoms with Gasteiger partial charge in [-0.15, -0.1) is 0 Å². The fourth-order valence-corrected chi connectivity index (χ4v) is 1.84. The summed E-state index contributed by atoms with van der Waals surface area (Å²) in [4.78, 5) is 0. The summed E-state index contributed by atoms with van der Waals surface area (Å²) in [7, 11) is -9.17. The van der Waals surface area contributed by atoms with Crippen molar-refractivity contribution in [3.63, 3.8) is 0 Å².